The Hall–Kier alpha value is -3.30. The van der Waals surface area contributed by atoms with Crippen LogP contribution in [0, 0.1) is 6.92 Å². The van der Waals surface area contributed by atoms with E-state index in [1.165, 1.54) is 4.52 Å². The molecular weight excluding hydrogens is 462 g/mol. The fraction of sp³-hybridized carbons (Fsp3) is 0.481. The molecule has 9 nitrogen and oxygen atoms in total. The number of aromatic carboxylic acids is 1. The number of carboxylic acids is 1. The second kappa shape index (κ2) is 10.8. The maximum atomic E-state index is 11.8. The largest absolute Gasteiger partial charge is 0.496 e. The Morgan fingerprint density at radius 3 is 2.33 bits per heavy atom. The van der Waals surface area contributed by atoms with Crippen LogP contribution < -0.4 is 14.4 Å². The second-order valence-electron chi connectivity index (χ2n) is 9.52. The van der Waals surface area contributed by atoms with Gasteiger partial charge in [-0.2, -0.15) is 5.10 Å². The lowest BCUT2D eigenvalue weighted by Gasteiger charge is -2.27. The van der Waals surface area contributed by atoms with Crippen molar-refractivity contribution >= 4 is 17.2 Å². The van der Waals surface area contributed by atoms with E-state index in [1.807, 2.05) is 44.1 Å². The lowest BCUT2D eigenvalue weighted by atomic mass is 9.98. The Kier molecular flexibility index (Phi) is 7.70. The molecule has 4 rings (SSSR count). The van der Waals surface area contributed by atoms with Crippen LogP contribution in [0.4, 0.5) is 5.69 Å². The van der Waals surface area contributed by atoms with Crippen molar-refractivity contribution in [3.63, 3.8) is 0 Å². The number of aliphatic hydroxyl groups excluding tert-OH is 1. The van der Waals surface area contributed by atoms with Gasteiger partial charge in [-0.3, -0.25) is 0 Å². The van der Waals surface area contributed by atoms with E-state index >= 15 is 0 Å². The van der Waals surface area contributed by atoms with Gasteiger partial charge < -0.3 is 29.3 Å². The molecule has 0 spiro atoms. The Morgan fingerprint density at radius 1 is 1.14 bits per heavy atom. The molecule has 1 fully saturated rings. The standard InChI is InChI=1S/C27H35N3O6/c1-16-23(34-4)12-17(13-24(16)35-5)26(31)25(36-19-8-6-7-9-19)15-18-14-22-20(29(2)3)10-11-21(27(32)33)30(22)28-18/h10-14,19,25-26,31H,6-9,15H2,1-5H3,(H,32,33). The molecular formula is C27H35N3O6. The van der Waals surface area contributed by atoms with Crippen LogP contribution in [0.1, 0.15) is 59.1 Å². The van der Waals surface area contributed by atoms with Gasteiger partial charge >= 0.3 is 5.97 Å². The Labute approximate surface area is 211 Å². The fourth-order valence-electron chi connectivity index (χ4n) is 4.95. The summed E-state index contributed by atoms with van der Waals surface area (Å²) in [4.78, 5) is 13.8. The minimum absolute atomic E-state index is 0.0582. The third-order valence-corrected chi connectivity index (χ3v) is 6.90. The Bertz CT molecular complexity index is 1210. The van der Waals surface area contributed by atoms with Gasteiger partial charge in [-0.25, -0.2) is 9.31 Å². The first kappa shape index (κ1) is 25.8. The normalized spacial score (nSPS) is 15.7. The van der Waals surface area contributed by atoms with E-state index in [0.29, 0.717) is 34.7 Å². The van der Waals surface area contributed by atoms with Gasteiger partial charge in [0, 0.05) is 26.1 Å². The van der Waals surface area contributed by atoms with Crippen LogP contribution in [-0.4, -0.2) is 66.3 Å². The van der Waals surface area contributed by atoms with Crippen LogP contribution in [0.25, 0.3) is 5.52 Å². The molecule has 2 heterocycles. The molecule has 2 aromatic heterocycles. The van der Waals surface area contributed by atoms with Crippen LogP contribution in [0.2, 0.25) is 0 Å². The number of hydrogen-bond donors (Lipinski definition) is 2. The van der Waals surface area contributed by atoms with Crippen molar-refractivity contribution in [2.45, 2.75) is 57.3 Å². The molecule has 2 unspecified atom stereocenters. The molecule has 194 valence electrons. The molecule has 1 aliphatic carbocycles. The van der Waals surface area contributed by atoms with Crippen LogP contribution in [-0.2, 0) is 11.2 Å². The number of aliphatic hydroxyl groups is 1. The number of benzene rings is 1. The molecule has 36 heavy (non-hydrogen) atoms. The lowest BCUT2D eigenvalue weighted by Crippen LogP contribution is -2.29. The smallest absolute Gasteiger partial charge is 0.354 e. The van der Waals surface area contributed by atoms with E-state index in [2.05, 4.69) is 5.10 Å². The zero-order valence-electron chi connectivity index (χ0n) is 21.5. The first-order chi connectivity index (χ1) is 17.2. The number of rotatable bonds is 10. The van der Waals surface area contributed by atoms with Crippen LogP contribution >= 0.6 is 0 Å². The molecule has 0 bridgehead atoms. The summed E-state index contributed by atoms with van der Waals surface area (Å²) >= 11 is 0. The zero-order valence-corrected chi connectivity index (χ0v) is 21.5. The summed E-state index contributed by atoms with van der Waals surface area (Å²) in [6.45, 7) is 1.90. The number of ether oxygens (including phenoxy) is 3. The molecule has 0 saturated heterocycles. The van der Waals surface area contributed by atoms with Crippen molar-refractivity contribution in [1.29, 1.82) is 0 Å². The predicted molar refractivity (Wildman–Crippen MR) is 137 cm³/mol. The van der Waals surface area contributed by atoms with Gasteiger partial charge in [0.25, 0.3) is 0 Å². The van der Waals surface area contributed by atoms with Gasteiger partial charge in [-0.1, -0.05) is 12.8 Å². The molecule has 3 aromatic rings. The van der Waals surface area contributed by atoms with Gasteiger partial charge in [-0.15, -0.1) is 0 Å². The van der Waals surface area contributed by atoms with Crippen molar-refractivity contribution in [1.82, 2.24) is 9.61 Å². The molecule has 2 atom stereocenters. The number of fused-ring (bicyclic) bond motifs is 1. The number of methoxy groups -OCH3 is 2. The maximum absolute atomic E-state index is 11.8. The highest BCUT2D eigenvalue weighted by Gasteiger charge is 2.30. The van der Waals surface area contributed by atoms with Gasteiger partial charge in [-0.05, 0) is 55.7 Å². The molecule has 1 aliphatic rings. The monoisotopic (exact) mass is 497 g/mol. The summed E-state index contributed by atoms with van der Waals surface area (Å²) in [5, 5.41) is 25.8. The first-order valence-corrected chi connectivity index (χ1v) is 12.2. The molecule has 1 saturated carbocycles. The summed E-state index contributed by atoms with van der Waals surface area (Å²) in [5.74, 6) is 0.188. The summed E-state index contributed by atoms with van der Waals surface area (Å²) in [6.07, 6.45) is 2.90. The van der Waals surface area contributed by atoms with Crippen LogP contribution in [0.3, 0.4) is 0 Å². The SMILES string of the molecule is COc1cc(C(O)C(Cc2cc3c(N(C)C)ccc(C(=O)O)n3n2)OC2CCCC2)cc(OC)c1C. The summed E-state index contributed by atoms with van der Waals surface area (Å²) < 4.78 is 18.9. The average Bonchev–Trinajstić information content (AvgIpc) is 3.52. The highest BCUT2D eigenvalue weighted by Crippen LogP contribution is 2.36. The summed E-state index contributed by atoms with van der Waals surface area (Å²) in [7, 11) is 6.97. The van der Waals surface area contributed by atoms with E-state index in [0.717, 1.165) is 36.9 Å². The molecule has 0 radical (unpaired) electrons. The van der Waals surface area contributed by atoms with Crippen molar-refractivity contribution in [2.75, 3.05) is 33.2 Å². The Balaban J connectivity index is 1.73. The molecule has 2 N–H and O–H groups in total. The van der Waals surface area contributed by atoms with E-state index in [-0.39, 0.29) is 11.8 Å². The van der Waals surface area contributed by atoms with Crippen molar-refractivity contribution in [3.05, 3.63) is 52.8 Å². The second-order valence-corrected chi connectivity index (χ2v) is 9.52. The van der Waals surface area contributed by atoms with E-state index in [1.54, 1.807) is 26.4 Å². The minimum atomic E-state index is -1.06. The topological polar surface area (TPSA) is 106 Å². The van der Waals surface area contributed by atoms with E-state index in [9.17, 15) is 15.0 Å². The third kappa shape index (κ3) is 5.12. The lowest BCUT2D eigenvalue weighted by molar-refractivity contribution is -0.0757. The highest BCUT2D eigenvalue weighted by molar-refractivity contribution is 5.89. The van der Waals surface area contributed by atoms with E-state index in [4.69, 9.17) is 14.2 Å². The summed E-state index contributed by atoms with van der Waals surface area (Å²) in [5.41, 5.74) is 3.72. The number of pyridine rings is 1. The molecule has 9 heteroatoms. The minimum Gasteiger partial charge on any atom is -0.496 e. The quantitative estimate of drug-likeness (QED) is 0.433. The number of carbonyl (C=O) groups is 1. The first-order valence-electron chi connectivity index (χ1n) is 12.2. The van der Waals surface area contributed by atoms with Crippen molar-refractivity contribution in [2.24, 2.45) is 0 Å². The van der Waals surface area contributed by atoms with Gasteiger partial charge in [0.1, 0.15) is 17.6 Å². The van der Waals surface area contributed by atoms with E-state index < -0.39 is 18.2 Å². The Morgan fingerprint density at radius 2 is 1.78 bits per heavy atom. The number of carboxylic acid groups (broad SMARTS) is 1. The van der Waals surface area contributed by atoms with Gasteiger partial charge in [0.15, 0.2) is 5.69 Å². The maximum Gasteiger partial charge on any atom is 0.354 e. The van der Waals surface area contributed by atoms with Crippen molar-refractivity contribution < 1.29 is 29.2 Å². The number of hydrogen-bond acceptors (Lipinski definition) is 7. The van der Waals surface area contributed by atoms with Crippen molar-refractivity contribution in [3.8, 4) is 11.5 Å². The van der Waals surface area contributed by atoms with Gasteiger partial charge in [0.2, 0.25) is 0 Å². The number of nitrogens with zero attached hydrogens (tertiary/aromatic N) is 3. The van der Waals surface area contributed by atoms with Gasteiger partial charge in [0.05, 0.1) is 43.3 Å². The molecule has 0 amide bonds. The molecule has 0 aliphatic heterocycles. The predicted octanol–water partition coefficient (Wildman–Crippen LogP) is 4.03. The number of anilines is 1. The zero-order chi connectivity index (χ0) is 26.0. The van der Waals surface area contributed by atoms with Crippen LogP contribution in [0.15, 0.2) is 30.3 Å². The number of aromatic nitrogens is 2. The summed E-state index contributed by atoms with van der Waals surface area (Å²) in [6, 6.07) is 8.81. The fourth-order valence-corrected chi connectivity index (χ4v) is 4.95. The van der Waals surface area contributed by atoms with Crippen LogP contribution in [0.5, 0.6) is 11.5 Å². The third-order valence-electron chi connectivity index (χ3n) is 6.90. The molecule has 1 aromatic carbocycles. The highest BCUT2D eigenvalue weighted by atomic mass is 16.5. The average molecular weight is 498 g/mol.